The van der Waals surface area contributed by atoms with Gasteiger partial charge in [-0.15, -0.1) is 0 Å². The molecule has 6 nitrogen and oxygen atoms in total. The SMILES string of the molecule is Cc1ccc(C(=O)NCC(O)c2ccc(F)cc2)cc1[N+](=O)[O-]. The molecule has 1 unspecified atom stereocenters. The Morgan fingerprint density at radius 2 is 1.96 bits per heavy atom. The molecule has 0 aromatic heterocycles. The maximum absolute atomic E-state index is 12.8. The zero-order valence-corrected chi connectivity index (χ0v) is 12.3. The van der Waals surface area contributed by atoms with Crippen LogP contribution < -0.4 is 5.32 Å². The van der Waals surface area contributed by atoms with Gasteiger partial charge in [-0.3, -0.25) is 14.9 Å². The number of hydrogen-bond acceptors (Lipinski definition) is 4. The first-order valence-corrected chi connectivity index (χ1v) is 6.85. The molecule has 0 spiro atoms. The van der Waals surface area contributed by atoms with Gasteiger partial charge in [-0.25, -0.2) is 4.39 Å². The Hall–Kier alpha value is -2.80. The predicted molar refractivity (Wildman–Crippen MR) is 81.5 cm³/mol. The van der Waals surface area contributed by atoms with Crippen LogP contribution >= 0.6 is 0 Å². The zero-order valence-electron chi connectivity index (χ0n) is 12.3. The number of aliphatic hydroxyl groups excluding tert-OH is 1. The van der Waals surface area contributed by atoms with Crippen LogP contribution in [0.2, 0.25) is 0 Å². The molecule has 2 rings (SSSR count). The van der Waals surface area contributed by atoms with Crippen molar-refractivity contribution < 1.29 is 19.2 Å². The van der Waals surface area contributed by atoms with E-state index in [9.17, 15) is 24.4 Å². The number of rotatable bonds is 5. The fourth-order valence-corrected chi connectivity index (χ4v) is 2.04. The molecule has 0 saturated carbocycles. The van der Waals surface area contributed by atoms with Crippen LogP contribution in [0, 0.1) is 22.9 Å². The minimum Gasteiger partial charge on any atom is -0.387 e. The second kappa shape index (κ2) is 6.97. The Morgan fingerprint density at radius 3 is 2.57 bits per heavy atom. The summed E-state index contributed by atoms with van der Waals surface area (Å²) < 4.78 is 12.8. The van der Waals surface area contributed by atoms with Crippen molar-refractivity contribution in [2.75, 3.05) is 6.54 Å². The summed E-state index contributed by atoms with van der Waals surface area (Å²) in [6, 6.07) is 9.42. The van der Waals surface area contributed by atoms with Gasteiger partial charge in [-0.1, -0.05) is 18.2 Å². The summed E-state index contributed by atoms with van der Waals surface area (Å²) >= 11 is 0. The lowest BCUT2D eigenvalue weighted by atomic mass is 10.1. The van der Waals surface area contributed by atoms with Gasteiger partial charge in [0.25, 0.3) is 11.6 Å². The third kappa shape index (κ3) is 4.10. The van der Waals surface area contributed by atoms with Crippen LogP contribution in [-0.2, 0) is 0 Å². The third-order valence-electron chi connectivity index (χ3n) is 3.38. The van der Waals surface area contributed by atoms with Crippen LogP contribution in [0.4, 0.5) is 10.1 Å². The highest BCUT2D eigenvalue weighted by Crippen LogP contribution is 2.19. The zero-order chi connectivity index (χ0) is 17.0. The van der Waals surface area contributed by atoms with E-state index in [0.717, 1.165) is 0 Å². The number of carbonyl (C=O) groups excluding carboxylic acids is 1. The summed E-state index contributed by atoms with van der Waals surface area (Å²) in [6.07, 6.45) is -1.00. The lowest BCUT2D eigenvalue weighted by molar-refractivity contribution is -0.385. The maximum atomic E-state index is 12.8. The molecule has 0 aliphatic rings. The first kappa shape index (κ1) is 16.6. The lowest BCUT2D eigenvalue weighted by Crippen LogP contribution is -2.28. The van der Waals surface area contributed by atoms with Crippen molar-refractivity contribution in [1.82, 2.24) is 5.32 Å². The van der Waals surface area contributed by atoms with E-state index < -0.39 is 22.8 Å². The van der Waals surface area contributed by atoms with Gasteiger partial charge in [-0.2, -0.15) is 0 Å². The fourth-order valence-electron chi connectivity index (χ4n) is 2.04. The summed E-state index contributed by atoms with van der Waals surface area (Å²) in [5, 5.41) is 23.3. The van der Waals surface area contributed by atoms with E-state index in [-0.39, 0.29) is 17.8 Å². The Morgan fingerprint density at radius 1 is 1.30 bits per heavy atom. The molecule has 7 heteroatoms. The van der Waals surface area contributed by atoms with Gasteiger partial charge in [0.1, 0.15) is 5.82 Å². The number of hydrogen-bond donors (Lipinski definition) is 2. The molecule has 1 atom stereocenters. The van der Waals surface area contributed by atoms with Crippen molar-refractivity contribution in [3.8, 4) is 0 Å². The molecule has 2 N–H and O–H groups in total. The van der Waals surface area contributed by atoms with Gasteiger partial charge in [0, 0.05) is 23.7 Å². The van der Waals surface area contributed by atoms with Crippen LogP contribution in [0.25, 0.3) is 0 Å². The number of carbonyl (C=O) groups is 1. The fraction of sp³-hybridized carbons (Fsp3) is 0.188. The number of nitrogens with zero attached hydrogens (tertiary/aromatic N) is 1. The van der Waals surface area contributed by atoms with E-state index in [4.69, 9.17) is 0 Å². The summed E-state index contributed by atoms with van der Waals surface area (Å²) in [4.78, 5) is 22.3. The van der Waals surface area contributed by atoms with Crippen molar-refractivity contribution in [2.24, 2.45) is 0 Å². The van der Waals surface area contributed by atoms with E-state index in [1.54, 1.807) is 6.92 Å². The Balaban J connectivity index is 2.03. The molecule has 0 radical (unpaired) electrons. The summed E-state index contributed by atoms with van der Waals surface area (Å²) in [6.45, 7) is 1.49. The average Bonchev–Trinajstić information content (AvgIpc) is 2.53. The van der Waals surface area contributed by atoms with Gasteiger partial charge in [0.15, 0.2) is 0 Å². The van der Waals surface area contributed by atoms with Gasteiger partial charge in [0.05, 0.1) is 11.0 Å². The van der Waals surface area contributed by atoms with E-state index in [1.165, 1.54) is 42.5 Å². The van der Waals surface area contributed by atoms with Crippen molar-refractivity contribution in [3.63, 3.8) is 0 Å². The molecule has 1 amide bonds. The number of benzene rings is 2. The van der Waals surface area contributed by atoms with Crippen molar-refractivity contribution >= 4 is 11.6 Å². The number of aryl methyl sites for hydroxylation is 1. The Bertz CT molecular complexity index is 731. The molecule has 0 bridgehead atoms. The van der Waals surface area contributed by atoms with Crippen LogP contribution in [-0.4, -0.2) is 22.5 Å². The first-order valence-electron chi connectivity index (χ1n) is 6.85. The minimum atomic E-state index is -1.00. The van der Waals surface area contributed by atoms with Crippen LogP contribution in [0.3, 0.4) is 0 Å². The topological polar surface area (TPSA) is 92.5 Å². The van der Waals surface area contributed by atoms with Crippen LogP contribution in [0.1, 0.15) is 27.6 Å². The van der Waals surface area contributed by atoms with Gasteiger partial charge in [0.2, 0.25) is 0 Å². The molecule has 0 saturated heterocycles. The highest BCUT2D eigenvalue weighted by Gasteiger charge is 2.16. The third-order valence-corrected chi connectivity index (χ3v) is 3.38. The van der Waals surface area contributed by atoms with Gasteiger partial charge < -0.3 is 10.4 Å². The number of halogens is 1. The number of nitro groups is 1. The normalized spacial score (nSPS) is 11.8. The monoisotopic (exact) mass is 318 g/mol. The molecular weight excluding hydrogens is 303 g/mol. The number of nitro benzene ring substituents is 1. The molecule has 2 aromatic carbocycles. The van der Waals surface area contributed by atoms with E-state index in [0.29, 0.717) is 11.1 Å². The quantitative estimate of drug-likeness (QED) is 0.654. The van der Waals surface area contributed by atoms with E-state index >= 15 is 0 Å². The van der Waals surface area contributed by atoms with E-state index in [1.807, 2.05) is 0 Å². The van der Waals surface area contributed by atoms with E-state index in [2.05, 4.69) is 5.32 Å². The van der Waals surface area contributed by atoms with Crippen molar-refractivity contribution in [3.05, 3.63) is 75.1 Å². The number of aliphatic hydroxyl groups is 1. The molecule has 0 fully saturated rings. The van der Waals surface area contributed by atoms with Crippen molar-refractivity contribution in [2.45, 2.75) is 13.0 Å². The maximum Gasteiger partial charge on any atom is 0.273 e. The summed E-state index contributed by atoms with van der Waals surface area (Å²) in [5.74, 6) is -0.953. The molecule has 23 heavy (non-hydrogen) atoms. The number of nitrogens with one attached hydrogen (secondary N) is 1. The molecular formula is C16H15FN2O4. The largest absolute Gasteiger partial charge is 0.387 e. The minimum absolute atomic E-state index is 0.0911. The lowest BCUT2D eigenvalue weighted by Gasteiger charge is -2.12. The highest BCUT2D eigenvalue weighted by atomic mass is 19.1. The summed E-state index contributed by atoms with van der Waals surface area (Å²) in [5.41, 5.74) is 0.907. The predicted octanol–water partition coefficient (Wildman–Crippen LogP) is 2.51. The summed E-state index contributed by atoms with van der Waals surface area (Å²) in [7, 11) is 0. The molecule has 0 heterocycles. The smallest absolute Gasteiger partial charge is 0.273 e. The Kier molecular flexibility index (Phi) is 5.02. The molecule has 0 aliphatic carbocycles. The second-order valence-corrected chi connectivity index (χ2v) is 5.04. The van der Waals surface area contributed by atoms with Crippen molar-refractivity contribution in [1.29, 1.82) is 0 Å². The molecule has 120 valence electrons. The number of amides is 1. The molecule has 2 aromatic rings. The van der Waals surface area contributed by atoms with Crippen LogP contribution in [0.15, 0.2) is 42.5 Å². The molecule has 0 aliphatic heterocycles. The first-order chi connectivity index (χ1) is 10.9. The van der Waals surface area contributed by atoms with Crippen LogP contribution in [0.5, 0.6) is 0 Å². The second-order valence-electron chi connectivity index (χ2n) is 5.04. The Labute approximate surface area is 131 Å². The van der Waals surface area contributed by atoms with Gasteiger partial charge in [-0.05, 0) is 30.7 Å². The van der Waals surface area contributed by atoms with Gasteiger partial charge >= 0.3 is 0 Å². The highest BCUT2D eigenvalue weighted by molar-refractivity contribution is 5.95. The standard InChI is InChI=1S/C16H15FN2O4/c1-10-2-3-12(8-14(10)19(22)23)16(21)18-9-15(20)11-4-6-13(17)7-5-11/h2-8,15,20H,9H2,1H3,(H,18,21). The average molecular weight is 318 g/mol.